The SMILES string of the molecule is CC(O)C1(Cc2cc(Cl)ccc2F)CC1. The van der Waals surface area contributed by atoms with E-state index in [-0.39, 0.29) is 17.3 Å². The molecule has 0 aliphatic heterocycles. The lowest BCUT2D eigenvalue weighted by Gasteiger charge is -2.18. The molecule has 3 heteroatoms. The summed E-state index contributed by atoms with van der Waals surface area (Å²) in [5.74, 6) is -0.230. The fourth-order valence-electron chi connectivity index (χ4n) is 1.96. The fraction of sp³-hybridized carbons (Fsp3) is 0.500. The van der Waals surface area contributed by atoms with Crippen LogP contribution in [-0.2, 0) is 6.42 Å². The third kappa shape index (κ3) is 2.16. The Morgan fingerprint density at radius 1 is 1.53 bits per heavy atom. The number of halogens is 2. The highest BCUT2D eigenvalue weighted by Gasteiger charge is 2.47. The van der Waals surface area contributed by atoms with Crippen LogP contribution in [0.4, 0.5) is 4.39 Å². The normalized spacial score (nSPS) is 20.0. The summed E-state index contributed by atoms with van der Waals surface area (Å²) in [6, 6.07) is 4.58. The number of benzene rings is 1. The Kier molecular flexibility index (Phi) is 2.73. The van der Waals surface area contributed by atoms with Crippen molar-refractivity contribution < 1.29 is 9.50 Å². The van der Waals surface area contributed by atoms with Crippen LogP contribution in [0.3, 0.4) is 0 Å². The molecular formula is C12H14ClFO. The molecule has 0 amide bonds. The number of hydrogen-bond donors (Lipinski definition) is 1. The van der Waals surface area contributed by atoms with Gasteiger partial charge in [-0.15, -0.1) is 0 Å². The fourth-order valence-corrected chi connectivity index (χ4v) is 2.16. The first-order chi connectivity index (χ1) is 7.03. The van der Waals surface area contributed by atoms with Crippen LogP contribution in [0.2, 0.25) is 5.02 Å². The van der Waals surface area contributed by atoms with Crippen molar-refractivity contribution in [3.8, 4) is 0 Å². The van der Waals surface area contributed by atoms with E-state index in [1.807, 2.05) is 0 Å². The second kappa shape index (κ2) is 3.76. The monoisotopic (exact) mass is 228 g/mol. The number of aliphatic hydroxyl groups is 1. The molecule has 1 aliphatic rings. The van der Waals surface area contributed by atoms with Gasteiger partial charge >= 0.3 is 0 Å². The van der Waals surface area contributed by atoms with Crippen LogP contribution in [0.5, 0.6) is 0 Å². The molecule has 1 aromatic rings. The second-order valence-corrected chi connectivity index (χ2v) is 4.89. The maximum absolute atomic E-state index is 13.5. The Morgan fingerprint density at radius 2 is 2.20 bits per heavy atom. The van der Waals surface area contributed by atoms with Gasteiger partial charge in [-0.1, -0.05) is 11.6 Å². The van der Waals surface area contributed by atoms with E-state index in [0.29, 0.717) is 17.0 Å². The van der Waals surface area contributed by atoms with Crippen LogP contribution in [0.15, 0.2) is 18.2 Å². The van der Waals surface area contributed by atoms with E-state index in [2.05, 4.69) is 0 Å². The molecule has 0 aromatic heterocycles. The van der Waals surface area contributed by atoms with Gasteiger partial charge in [0.05, 0.1) is 6.10 Å². The van der Waals surface area contributed by atoms with E-state index in [9.17, 15) is 9.50 Å². The van der Waals surface area contributed by atoms with E-state index < -0.39 is 0 Å². The van der Waals surface area contributed by atoms with Crippen LogP contribution in [0, 0.1) is 11.2 Å². The molecule has 1 unspecified atom stereocenters. The summed E-state index contributed by atoms with van der Waals surface area (Å²) in [5, 5.41) is 10.2. The van der Waals surface area contributed by atoms with Gasteiger partial charge < -0.3 is 5.11 Å². The minimum atomic E-state index is -0.379. The third-order valence-electron chi connectivity index (χ3n) is 3.33. The predicted molar refractivity (Wildman–Crippen MR) is 58.5 cm³/mol. The van der Waals surface area contributed by atoms with Gasteiger partial charge in [-0.05, 0) is 49.9 Å². The first kappa shape index (κ1) is 10.9. The minimum Gasteiger partial charge on any atom is -0.393 e. The van der Waals surface area contributed by atoms with Crippen molar-refractivity contribution in [2.75, 3.05) is 0 Å². The lowest BCUT2D eigenvalue weighted by Crippen LogP contribution is -2.21. The number of hydrogen-bond acceptors (Lipinski definition) is 1. The first-order valence-corrected chi connectivity index (χ1v) is 5.53. The van der Waals surface area contributed by atoms with Crippen LogP contribution < -0.4 is 0 Å². The molecule has 1 fully saturated rings. The zero-order valence-electron chi connectivity index (χ0n) is 8.63. The molecule has 15 heavy (non-hydrogen) atoms. The lowest BCUT2D eigenvalue weighted by atomic mass is 9.91. The highest BCUT2D eigenvalue weighted by molar-refractivity contribution is 6.30. The van der Waals surface area contributed by atoms with Crippen molar-refractivity contribution >= 4 is 11.6 Å². The number of rotatable bonds is 3. The average molecular weight is 229 g/mol. The Morgan fingerprint density at radius 3 is 2.73 bits per heavy atom. The summed E-state index contributed by atoms with van der Waals surface area (Å²) in [6.07, 6.45) is 2.14. The van der Waals surface area contributed by atoms with Crippen molar-refractivity contribution in [1.82, 2.24) is 0 Å². The van der Waals surface area contributed by atoms with Crippen LogP contribution in [0.25, 0.3) is 0 Å². The highest BCUT2D eigenvalue weighted by Crippen LogP contribution is 2.51. The summed E-state index contributed by atoms with van der Waals surface area (Å²) < 4.78 is 13.5. The molecule has 1 aromatic carbocycles. The molecule has 1 atom stereocenters. The van der Waals surface area contributed by atoms with Crippen molar-refractivity contribution in [2.45, 2.75) is 32.3 Å². The van der Waals surface area contributed by atoms with E-state index in [4.69, 9.17) is 11.6 Å². The quantitative estimate of drug-likeness (QED) is 0.843. The van der Waals surface area contributed by atoms with E-state index in [0.717, 1.165) is 12.8 Å². The molecule has 0 saturated heterocycles. The maximum Gasteiger partial charge on any atom is 0.126 e. The van der Waals surface area contributed by atoms with Crippen molar-refractivity contribution in [3.05, 3.63) is 34.6 Å². The van der Waals surface area contributed by atoms with Gasteiger partial charge in [-0.3, -0.25) is 0 Å². The van der Waals surface area contributed by atoms with Gasteiger partial charge in [0.1, 0.15) is 5.82 Å². The largest absolute Gasteiger partial charge is 0.393 e. The predicted octanol–water partition coefficient (Wildman–Crippen LogP) is 3.18. The lowest BCUT2D eigenvalue weighted by molar-refractivity contribution is 0.110. The van der Waals surface area contributed by atoms with E-state index in [1.165, 1.54) is 6.07 Å². The molecule has 0 heterocycles. The molecule has 1 aliphatic carbocycles. The molecule has 0 radical (unpaired) electrons. The highest BCUT2D eigenvalue weighted by atomic mass is 35.5. The summed E-state index contributed by atoms with van der Waals surface area (Å²) >= 11 is 5.82. The Labute approximate surface area is 93.9 Å². The molecule has 0 bridgehead atoms. The Bertz CT molecular complexity index is 372. The summed E-state index contributed by atoms with van der Waals surface area (Å²) in [7, 11) is 0. The van der Waals surface area contributed by atoms with E-state index in [1.54, 1.807) is 19.1 Å². The van der Waals surface area contributed by atoms with Crippen molar-refractivity contribution in [3.63, 3.8) is 0 Å². The van der Waals surface area contributed by atoms with Crippen LogP contribution in [-0.4, -0.2) is 11.2 Å². The zero-order chi connectivity index (χ0) is 11.1. The molecule has 82 valence electrons. The first-order valence-electron chi connectivity index (χ1n) is 5.15. The average Bonchev–Trinajstić information content (AvgIpc) is 2.92. The van der Waals surface area contributed by atoms with Crippen molar-refractivity contribution in [1.29, 1.82) is 0 Å². The molecule has 1 nitrogen and oxygen atoms in total. The molecule has 1 saturated carbocycles. The van der Waals surface area contributed by atoms with E-state index >= 15 is 0 Å². The number of aliphatic hydroxyl groups excluding tert-OH is 1. The summed E-state index contributed by atoms with van der Waals surface area (Å²) in [5.41, 5.74) is 0.506. The summed E-state index contributed by atoms with van der Waals surface area (Å²) in [6.45, 7) is 1.77. The molecule has 0 spiro atoms. The smallest absolute Gasteiger partial charge is 0.126 e. The van der Waals surface area contributed by atoms with Crippen LogP contribution >= 0.6 is 11.6 Å². The van der Waals surface area contributed by atoms with Gasteiger partial charge in [0, 0.05) is 10.4 Å². The Hall–Kier alpha value is -0.600. The zero-order valence-corrected chi connectivity index (χ0v) is 9.39. The van der Waals surface area contributed by atoms with Gasteiger partial charge in [0.15, 0.2) is 0 Å². The summed E-state index contributed by atoms with van der Waals surface area (Å²) in [4.78, 5) is 0. The van der Waals surface area contributed by atoms with Crippen LogP contribution in [0.1, 0.15) is 25.3 Å². The second-order valence-electron chi connectivity index (χ2n) is 4.45. The van der Waals surface area contributed by atoms with Gasteiger partial charge in [-0.25, -0.2) is 4.39 Å². The standard InChI is InChI=1S/C12H14ClFO/c1-8(15)12(4-5-12)7-9-6-10(13)2-3-11(9)14/h2-3,6,8,15H,4-5,7H2,1H3. The topological polar surface area (TPSA) is 20.2 Å². The molecule has 2 rings (SSSR count). The Balaban J connectivity index is 2.21. The minimum absolute atomic E-state index is 0.106. The van der Waals surface area contributed by atoms with Gasteiger partial charge in [0.25, 0.3) is 0 Å². The van der Waals surface area contributed by atoms with Crippen molar-refractivity contribution in [2.24, 2.45) is 5.41 Å². The molecular weight excluding hydrogens is 215 g/mol. The van der Waals surface area contributed by atoms with Gasteiger partial charge in [-0.2, -0.15) is 0 Å². The maximum atomic E-state index is 13.5. The molecule has 1 N–H and O–H groups in total. The third-order valence-corrected chi connectivity index (χ3v) is 3.56. The van der Waals surface area contributed by atoms with Gasteiger partial charge in [0.2, 0.25) is 0 Å².